The van der Waals surface area contributed by atoms with Gasteiger partial charge in [0, 0.05) is 54.7 Å². The molecular formula is C52H102O35Si4. The molecule has 91 heavy (non-hydrogen) atoms. The van der Waals surface area contributed by atoms with Gasteiger partial charge in [-0.2, -0.15) is 0 Å². The Balaban J connectivity index is 0.000000438. The number of methoxy groups -OCH3 is 6. The van der Waals surface area contributed by atoms with Crippen LogP contribution in [0.2, 0.25) is 24.2 Å². The van der Waals surface area contributed by atoms with E-state index in [1.165, 1.54) is 42.7 Å². The molecule has 7 heterocycles. The van der Waals surface area contributed by atoms with E-state index in [0.717, 1.165) is 0 Å². The van der Waals surface area contributed by atoms with E-state index in [2.05, 4.69) is 0 Å². The van der Waals surface area contributed by atoms with E-state index in [0.29, 0.717) is 19.3 Å². The van der Waals surface area contributed by atoms with Gasteiger partial charge in [-0.15, -0.1) is 0 Å². The number of rotatable bonds is 14. The highest BCUT2D eigenvalue weighted by Crippen LogP contribution is 2.39. The highest BCUT2D eigenvalue weighted by molar-refractivity contribution is 6.60. The van der Waals surface area contributed by atoms with Crippen LogP contribution in [0.3, 0.4) is 0 Å². The van der Waals surface area contributed by atoms with Gasteiger partial charge in [-0.3, -0.25) is 9.15 Å². The van der Waals surface area contributed by atoms with Crippen LogP contribution in [0.4, 0.5) is 0 Å². The second-order valence-corrected chi connectivity index (χ2v) is 31.0. The van der Waals surface area contributed by atoms with Gasteiger partial charge in [-0.05, 0) is 50.6 Å². The minimum atomic E-state index is -4.91. The van der Waals surface area contributed by atoms with Crippen molar-refractivity contribution < 1.29 is 168 Å². The van der Waals surface area contributed by atoms with E-state index in [1.807, 2.05) is 13.8 Å². The molecule has 4 bridgehead atoms. The van der Waals surface area contributed by atoms with Crippen LogP contribution < -0.4 is 0 Å². The number of aliphatic hydroxyl groups is 8. The van der Waals surface area contributed by atoms with Crippen LogP contribution in [0, 0.1) is 0 Å². The minimum Gasteiger partial charge on any atom is -0.411 e. The lowest BCUT2D eigenvalue weighted by atomic mass is 9.95. The summed E-state index contributed by atoms with van der Waals surface area (Å²) in [5.74, 6) is 0. The summed E-state index contributed by atoms with van der Waals surface area (Å²) in [7, 11) is -8.87. The van der Waals surface area contributed by atoms with Crippen molar-refractivity contribution in [1.29, 1.82) is 0 Å². The molecule has 0 aromatic rings. The van der Waals surface area contributed by atoms with Gasteiger partial charge in [0.15, 0.2) is 49.9 Å². The van der Waals surface area contributed by atoms with E-state index >= 15 is 0 Å². The Hall–Kier alpha value is -0.532. The summed E-state index contributed by atoms with van der Waals surface area (Å²) in [6, 6.07) is -2.00. The Bertz CT molecular complexity index is 2080. The number of hydrogen-bond donors (Lipinski definition) is 14. The molecule has 0 aromatic heterocycles. The predicted molar refractivity (Wildman–Crippen MR) is 310 cm³/mol. The maximum Gasteiger partial charge on any atom is 0.495 e. The van der Waals surface area contributed by atoms with Crippen LogP contribution in [-0.2, 0) is 98.8 Å². The van der Waals surface area contributed by atoms with Crippen LogP contribution in [0.25, 0.3) is 0 Å². The van der Waals surface area contributed by atoms with E-state index in [-0.39, 0.29) is 19.3 Å². The Kier molecular flexibility index (Phi) is 31.9. The maximum absolute atomic E-state index is 11.8. The minimum absolute atomic E-state index is 0.193. The normalized spacial score (nSPS) is 47.4. The number of fused-ring (bicyclic) bond motifs is 6. The topological polar surface area (TPSA) is 477 Å². The first-order chi connectivity index (χ1) is 43.2. The molecule has 536 valence electrons. The Labute approximate surface area is 534 Å². The van der Waals surface area contributed by atoms with Crippen molar-refractivity contribution in [3.8, 4) is 0 Å². The number of aliphatic hydroxyl groups excluding tert-OH is 8. The molecule has 7 saturated heterocycles. The van der Waals surface area contributed by atoms with Gasteiger partial charge in [0.05, 0.1) is 36.6 Å². The zero-order valence-corrected chi connectivity index (χ0v) is 57.7. The molecule has 0 aliphatic carbocycles. The summed E-state index contributed by atoms with van der Waals surface area (Å²) in [6.07, 6.45) is -34.8. The predicted octanol–water partition coefficient (Wildman–Crippen LogP) is -5.50. The summed E-state index contributed by atoms with van der Waals surface area (Å²) in [6.45, 7) is 10.7. The standard InChI is InChI=1S/C36H72O26Si4.C16H30O9/c1-9-17-25(47-5)21(37)30-35(53-17)55-27-19(11-3)51-33(49-7)29(23(27)39)57-61-63(41)14-16-66(45,46)60-32-22(38)26(48-6)18(10-2)54-36(32)56-28-20(12-4)52-34(50-8)31(24(28)40)59-65(43,44)15-13-64(42)62-58-30;1-5-7-13(21-3)9(17)12(20)16(24-7)25-14-8(6-2)23-15(22-4)11(19)10(14)18/h17-46,63-64H,9-16H2,1-8H3;7-20H,5-6H2,1-4H3/t17-,18-,19-,20-,21-,22-,23-,24-,25+,26+,27+,28+,29+,30+,31+,32+,33+,34+,35-,36-,63?,64?;7-,8-,9+,10+,11+,12+,13+,14+,15+,16-/m11/s1. The molecule has 2 unspecified atom stereocenters. The van der Waals surface area contributed by atoms with Gasteiger partial charge in [0.25, 0.3) is 0 Å². The zero-order valence-electron chi connectivity index (χ0n) is 53.4. The average Bonchev–Trinajstić information content (AvgIpc) is 1.000. The van der Waals surface area contributed by atoms with Crippen molar-refractivity contribution >= 4 is 36.2 Å². The van der Waals surface area contributed by atoms with Crippen molar-refractivity contribution in [2.24, 2.45) is 0 Å². The molecule has 7 aliphatic rings. The highest BCUT2D eigenvalue weighted by atomic mass is 28.4. The van der Waals surface area contributed by atoms with E-state index < -0.39 is 245 Å². The number of hydrogen-bond acceptors (Lipinski definition) is 35. The third-order valence-electron chi connectivity index (χ3n) is 17.2. The highest BCUT2D eigenvalue weighted by Gasteiger charge is 2.58. The molecule has 14 N–H and O–H groups in total. The van der Waals surface area contributed by atoms with Gasteiger partial charge >= 0.3 is 36.2 Å². The lowest BCUT2D eigenvalue weighted by Gasteiger charge is -2.49. The third kappa shape index (κ3) is 19.5. The molecule has 7 aliphatic heterocycles. The van der Waals surface area contributed by atoms with Crippen LogP contribution in [0.1, 0.15) is 80.1 Å². The Morgan fingerprint density at radius 3 is 1.13 bits per heavy atom. The molecular weight excluding hydrogens is 1300 g/mol. The Morgan fingerprint density at radius 2 is 0.681 bits per heavy atom. The fourth-order valence-electron chi connectivity index (χ4n) is 12.1. The SMILES string of the molecule is CC[C@H]1O[C@@H]2O[C@@H]3[C@@H](O)[C@H](OO[SiH](O)CC[Si](O)(O)O[C@@H]4[C@@H](O[C@@H]5[C@@H](O)[C@H](O[Si](O)(O)CC[SiH](O)OO[C@H]2[C@H](O)[C@H]1OC)[C@@H](OC)O[C@@H]5CC)O[C@H](CC)[C@H](OC)[C@H]4O)[C@@H](OC)O[C@@H]3CC.CC[C@H]1O[C@H](O[C@@H]2[C@@H](O)[C@H](O)[C@@H](OC)O[C@@H]2CC)[C@@H](O)[C@H](O)[C@H]1OC. The number of ether oxygens (including phenoxy) is 15. The quantitative estimate of drug-likeness (QED) is 0.0570. The van der Waals surface area contributed by atoms with Crippen molar-refractivity contribution in [3.05, 3.63) is 0 Å². The van der Waals surface area contributed by atoms with E-state index in [4.69, 9.17) is 98.8 Å². The maximum atomic E-state index is 11.8. The lowest BCUT2D eigenvalue weighted by Crippen LogP contribution is -2.67. The summed E-state index contributed by atoms with van der Waals surface area (Å²) < 4.78 is 108. The first-order valence-electron chi connectivity index (χ1n) is 31.0. The first-order valence-corrected chi connectivity index (χ1v) is 38.6. The summed E-state index contributed by atoms with van der Waals surface area (Å²) >= 11 is 0. The van der Waals surface area contributed by atoms with Crippen molar-refractivity contribution in [1.82, 2.24) is 0 Å². The molecule has 7 fully saturated rings. The fraction of sp³-hybridized carbons (Fsp3) is 1.00. The van der Waals surface area contributed by atoms with Crippen molar-refractivity contribution in [3.63, 3.8) is 0 Å². The van der Waals surface area contributed by atoms with Gasteiger partial charge in [-0.1, -0.05) is 41.5 Å². The molecule has 0 aromatic carbocycles. The van der Waals surface area contributed by atoms with Crippen molar-refractivity contribution in [2.45, 2.75) is 288 Å². The van der Waals surface area contributed by atoms with Gasteiger partial charge in [0.1, 0.15) is 97.7 Å². The monoisotopic (exact) mass is 1400 g/mol. The molecule has 0 saturated carbocycles. The second-order valence-electron chi connectivity index (χ2n) is 23.2. The van der Waals surface area contributed by atoms with Crippen LogP contribution >= 0.6 is 0 Å². The molecule has 0 spiro atoms. The largest absolute Gasteiger partial charge is 0.495 e. The molecule has 32 atom stereocenters. The molecule has 0 amide bonds. The molecule has 0 radical (unpaired) electrons. The molecule has 35 nitrogen and oxygen atoms in total. The summed E-state index contributed by atoms with van der Waals surface area (Å²) in [4.78, 5) is 78.3. The van der Waals surface area contributed by atoms with E-state index in [1.54, 1.807) is 27.7 Å². The van der Waals surface area contributed by atoms with Crippen LogP contribution in [0.5, 0.6) is 0 Å². The van der Waals surface area contributed by atoms with Gasteiger partial charge < -0.3 is 150 Å². The summed E-state index contributed by atoms with van der Waals surface area (Å²) in [5.41, 5.74) is 0. The fourth-order valence-corrected chi connectivity index (χ4v) is 19.4. The third-order valence-corrected chi connectivity index (χ3v) is 23.8. The smallest absolute Gasteiger partial charge is 0.411 e. The average molecular weight is 1400 g/mol. The molecule has 7 rings (SSSR count). The first kappa shape index (κ1) is 79.5. The second kappa shape index (κ2) is 36.5. The van der Waals surface area contributed by atoms with Crippen LogP contribution in [0.15, 0.2) is 0 Å². The van der Waals surface area contributed by atoms with Crippen LogP contribution in [-0.4, -0.2) is 333 Å². The van der Waals surface area contributed by atoms with Gasteiger partial charge in [0.2, 0.25) is 0 Å². The van der Waals surface area contributed by atoms with Gasteiger partial charge in [-0.25, -0.2) is 9.78 Å². The summed E-state index contributed by atoms with van der Waals surface area (Å²) in [5, 5.41) is 87.7. The Morgan fingerprint density at radius 1 is 0.341 bits per heavy atom. The molecule has 39 heteroatoms. The van der Waals surface area contributed by atoms with Crippen molar-refractivity contribution in [2.75, 3.05) is 42.7 Å². The van der Waals surface area contributed by atoms with E-state index in [9.17, 15) is 69.6 Å². The zero-order chi connectivity index (χ0) is 67.4. The lowest BCUT2D eigenvalue weighted by molar-refractivity contribution is -0.413.